The maximum Gasteiger partial charge on any atom is 0.319 e. The number of aromatic nitrogens is 4. The van der Waals surface area contributed by atoms with Crippen molar-refractivity contribution < 1.29 is 19.0 Å². The Morgan fingerprint density at radius 3 is 2.52 bits per heavy atom. The largest absolute Gasteiger partial charge is 0.382 e. The van der Waals surface area contributed by atoms with Crippen molar-refractivity contribution in [2.45, 2.75) is 84.2 Å². The van der Waals surface area contributed by atoms with Crippen molar-refractivity contribution in [2.24, 2.45) is 5.92 Å². The van der Waals surface area contributed by atoms with Crippen LogP contribution in [0.1, 0.15) is 60.3 Å². The summed E-state index contributed by atoms with van der Waals surface area (Å²) in [5, 5.41) is 5.92. The number of hydrogen-bond acceptors (Lipinski definition) is 9. The second-order valence-electron chi connectivity index (χ2n) is 13.1. The van der Waals surface area contributed by atoms with Gasteiger partial charge >= 0.3 is 6.03 Å². The third-order valence-electron chi connectivity index (χ3n) is 7.57. The van der Waals surface area contributed by atoms with Crippen LogP contribution in [0.25, 0.3) is 11.2 Å². The highest BCUT2D eigenvalue weighted by Gasteiger charge is 2.56. The van der Waals surface area contributed by atoms with E-state index < -0.39 is 12.0 Å². The Morgan fingerprint density at radius 2 is 1.83 bits per heavy atom. The molecule has 1 unspecified atom stereocenters. The van der Waals surface area contributed by atoms with Gasteiger partial charge in [0.25, 0.3) is 0 Å². The van der Waals surface area contributed by atoms with Crippen molar-refractivity contribution in [1.82, 2.24) is 29.7 Å². The number of nitrogens with two attached hydrogens (primary N) is 1. The van der Waals surface area contributed by atoms with E-state index in [-0.39, 0.29) is 29.8 Å². The lowest BCUT2D eigenvalue weighted by Crippen LogP contribution is -2.44. The number of urea groups is 1. The van der Waals surface area contributed by atoms with Crippen molar-refractivity contribution >= 4 is 28.7 Å². The molecular formula is C30H44N8O4. The summed E-state index contributed by atoms with van der Waals surface area (Å²) in [4.78, 5) is 27.8. The summed E-state index contributed by atoms with van der Waals surface area (Å²) in [6, 6.07) is 7.73. The van der Waals surface area contributed by atoms with Crippen LogP contribution in [0.4, 0.5) is 16.3 Å². The van der Waals surface area contributed by atoms with E-state index in [1.54, 1.807) is 6.33 Å². The van der Waals surface area contributed by atoms with Gasteiger partial charge < -0.3 is 30.6 Å². The number of hydrogen-bond donors (Lipinski definition) is 3. The number of ether oxygens (including phenoxy) is 3. The third kappa shape index (κ3) is 6.67. The summed E-state index contributed by atoms with van der Waals surface area (Å²) < 4.78 is 21.1. The molecule has 2 amide bonds. The number of amides is 2. The molecular weight excluding hydrogens is 536 g/mol. The van der Waals surface area contributed by atoms with Crippen molar-refractivity contribution in [3.05, 3.63) is 42.5 Å². The number of carbonyl (C=O) groups excluding carboxylic acids is 1. The Kier molecular flexibility index (Phi) is 8.44. The summed E-state index contributed by atoms with van der Waals surface area (Å²) in [6.45, 7) is 17.3. The van der Waals surface area contributed by atoms with E-state index in [1.165, 1.54) is 11.9 Å². The topological polar surface area (TPSA) is 142 Å². The van der Waals surface area contributed by atoms with Crippen LogP contribution in [0.5, 0.6) is 0 Å². The maximum atomic E-state index is 12.6. The molecule has 2 aliphatic rings. The molecule has 42 heavy (non-hydrogen) atoms. The molecule has 4 atom stereocenters. The Bertz CT molecular complexity index is 1380. The third-order valence-corrected chi connectivity index (χ3v) is 7.57. The molecule has 3 aromatic rings. The summed E-state index contributed by atoms with van der Waals surface area (Å²) in [5.41, 5.74) is 9.17. The molecule has 4 heterocycles. The molecule has 0 bridgehead atoms. The van der Waals surface area contributed by atoms with E-state index in [0.717, 1.165) is 12.2 Å². The smallest absolute Gasteiger partial charge is 0.319 e. The number of carbonyl (C=O) groups is 1. The number of nitrogen functional groups attached to an aromatic ring is 1. The van der Waals surface area contributed by atoms with Gasteiger partial charge in [-0.05, 0) is 42.9 Å². The van der Waals surface area contributed by atoms with Gasteiger partial charge in [0.2, 0.25) is 0 Å². The molecule has 12 nitrogen and oxygen atoms in total. The van der Waals surface area contributed by atoms with E-state index >= 15 is 0 Å². The Balaban J connectivity index is 1.23. The molecule has 0 radical (unpaired) electrons. The number of nitrogens with one attached hydrogen (secondary N) is 2. The summed E-state index contributed by atoms with van der Waals surface area (Å²) in [5.74, 6) is -0.0221. The Hall–Kier alpha value is -3.32. The minimum absolute atomic E-state index is 0.0596. The van der Waals surface area contributed by atoms with E-state index in [2.05, 4.69) is 65.1 Å². The average Bonchev–Trinajstić information content (AvgIpc) is 3.55. The summed E-state index contributed by atoms with van der Waals surface area (Å²) >= 11 is 0. The zero-order valence-electron chi connectivity index (χ0n) is 25.6. The quantitative estimate of drug-likeness (QED) is 0.343. The summed E-state index contributed by atoms with van der Waals surface area (Å²) in [6.07, 6.45) is 1.68. The van der Waals surface area contributed by atoms with Crippen molar-refractivity contribution in [2.75, 3.05) is 37.2 Å². The Morgan fingerprint density at radius 1 is 1.12 bits per heavy atom. The molecule has 12 heteroatoms. The zero-order chi connectivity index (χ0) is 30.2. The van der Waals surface area contributed by atoms with Gasteiger partial charge in [-0.25, -0.2) is 19.7 Å². The fourth-order valence-corrected chi connectivity index (χ4v) is 5.67. The minimum atomic E-state index is -0.756. The van der Waals surface area contributed by atoms with Crippen LogP contribution in [0.2, 0.25) is 0 Å². The van der Waals surface area contributed by atoms with Crippen LogP contribution in [-0.2, 0) is 19.6 Å². The van der Waals surface area contributed by atoms with Crippen LogP contribution >= 0.6 is 0 Å². The molecule has 2 saturated heterocycles. The zero-order valence-corrected chi connectivity index (χ0v) is 25.6. The van der Waals surface area contributed by atoms with Gasteiger partial charge in [-0.15, -0.1) is 0 Å². The molecule has 4 N–H and O–H groups in total. The van der Waals surface area contributed by atoms with Crippen molar-refractivity contribution in [3.63, 3.8) is 0 Å². The van der Waals surface area contributed by atoms with Gasteiger partial charge in [-0.2, -0.15) is 0 Å². The number of rotatable bonds is 9. The van der Waals surface area contributed by atoms with Crippen LogP contribution in [0.15, 0.2) is 36.9 Å². The maximum absolute atomic E-state index is 12.6. The highest BCUT2D eigenvalue weighted by atomic mass is 16.8. The lowest BCUT2D eigenvalue weighted by molar-refractivity contribution is -0.198. The number of benzene rings is 1. The van der Waals surface area contributed by atoms with Crippen molar-refractivity contribution in [3.8, 4) is 0 Å². The average molecular weight is 581 g/mol. The lowest BCUT2D eigenvalue weighted by atomic mass is 9.87. The number of nitrogens with zero attached hydrogens (tertiary/aromatic N) is 5. The van der Waals surface area contributed by atoms with E-state index in [9.17, 15) is 4.79 Å². The fraction of sp³-hybridized carbons (Fsp3) is 0.600. The molecule has 2 fully saturated rings. The minimum Gasteiger partial charge on any atom is -0.382 e. The van der Waals surface area contributed by atoms with Crippen molar-refractivity contribution in [1.29, 1.82) is 0 Å². The van der Waals surface area contributed by atoms with E-state index in [4.69, 9.17) is 19.9 Å². The second kappa shape index (κ2) is 11.8. The first-order chi connectivity index (χ1) is 19.8. The monoisotopic (exact) mass is 580 g/mol. The fourth-order valence-electron chi connectivity index (χ4n) is 5.67. The van der Waals surface area contributed by atoms with Gasteiger partial charge in [0, 0.05) is 31.9 Å². The number of anilines is 2. The first kappa shape index (κ1) is 30.1. The molecule has 5 rings (SSSR count). The molecule has 0 saturated carbocycles. The van der Waals surface area contributed by atoms with Crippen LogP contribution in [0.3, 0.4) is 0 Å². The number of fused-ring (bicyclic) bond motifs is 2. The van der Waals surface area contributed by atoms with Gasteiger partial charge in [0.1, 0.15) is 30.2 Å². The highest BCUT2D eigenvalue weighted by Crippen LogP contribution is 2.44. The summed E-state index contributed by atoms with van der Waals surface area (Å²) in [7, 11) is 0. The lowest BCUT2D eigenvalue weighted by Gasteiger charge is -2.30. The molecule has 2 aromatic heterocycles. The SMILES string of the molecule is CC(C)CN(CCNC(=O)Nc1ccc(C(C)(C)C)cc1)C[C@H]1OC(n2cnc3c(N)ncnc32)[C@@H]2OC(C)(C)O[C@H]12. The Labute approximate surface area is 247 Å². The molecule has 0 aliphatic carbocycles. The van der Waals surface area contributed by atoms with Gasteiger partial charge in [0.05, 0.1) is 6.33 Å². The van der Waals surface area contributed by atoms with Crippen LogP contribution in [0, 0.1) is 5.92 Å². The van der Waals surface area contributed by atoms with E-state index in [1.807, 2.05) is 42.7 Å². The molecule has 0 spiro atoms. The first-order valence-electron chi connectivity index (χ1n) is 14.6. The van der Waals surface area contributed by atoms with E-state index in [0.29, 0.717) is 42.5 Å². The molecule has 228 valence electrons. The van der Waals surface area contributed by atoms with Crippen LogP contribution in [-0.4, -0.2) is 80.7 Å². The number of imidazole rings is 1. The van der Waals surface area contributed by atoms with Gasteiger partial charge in [-0.1, -0.05) is 46.8 Å². The second-order valence-corrected chi connectivity index (χ2v) is 13.1. The van der Waals surface area contributed by atoms with Gasteiger partial charge in [-0.3, -0.25) is 9.47 Å². The molecule has 1 aromatic carbocycles. The normalized spacial score (nSPS) is 23.5. The molecule has 2 aliphatic heterocycles. The van der Waals surface area contributed by atoms with Gasteiger partial charge in [0.15, 0.2) is 23.5 Å². The predicted octanol–water partition coefficient (Wildman–Crippen LogP) is 3.90. The first-order valence-corrected chi connectivity index (χ1v) is 14.6. The highest BCUT2D eigenvalue weighted by molar-refractivity contribution is 5.89. The predicted molar refractivity (Wildman–Crippen MR) is 161 cm³/mol. The van der Waals surface area contributed by atoms with Crippen LogP contribution < -0.4 is 16.4 Å². The standard InChI is InChI=1S/C30H44N8O4/c1-18(2)14-37(13-12-32-28(39)36-20-10-8-19(9-11-20)29(3,4)5)15-21-23-24(42-30(6,7)41-23)27(40-21)38-17-35-22-25(31)33-16-34-26(22)38/h8-11,16-18,21,23-24,27H,12-15H2,1-7H3,(H2,31,33,34)(H2,32,36,39)/t21-,23-,24-,27?/m1/s1.